The van der Waals surface area contributed by atoms with Crippen LogP contribution in [0.25, 0.3) is 10.8 Å². The lowest BCUT2D eigenvalue weighted by Crippen LogP contribution is -2.46. The highest BCUT2D eigenvalue weighted by atomic mass is 16.7. The van der Waals surface area contributed by atoms with Gasteiger partial charge in [0.1, 0.15) is 23.4 Å². The molecule has 2 amide bonds. The monoisotopic (exact) mass is 867 g/mol. The number of ketones is 1. The summed E-state index contributed by atoms with van der Waals surface area (Å²) in [5.41, 5.74) is -0.0244. The third kappa shape index (κ3) is 10.5. The highest BCUT2D eigenvalue weighted by Crippen LogP contribution is 2.54. The Hall–Kier alpha value is -5.16. The zero-order valence-corrected chi connectivity index (χ0v) is 38.0. The number of Topliss-reactive ketones (excluding diaryl/α,β-unsaturated/α-hetero) is 1. The number of carbonyl (C=O) groups is 4. The number of esters is 1. The van der Waals surface area contributed by atoms with Gasteiger partial charge in [0.2, 0.25) is 0 Å². The summed E-state index contributed by atoms with van der Waals surface area (Å²) < 4.78 is 29.9. The highest BCUT2D eigenvalue weighted by Gasteiger charge is 2.50. The topological polar surface area (TPSA) is 214 Å². The molecule has 0 saturated carbocycles. The minimum Gasteiger partial charge on any atom is -0.507 e. The number of ether oxygens (including phenoxy) is 5. The standard InChI is InChI=1S/C46H65N3O13/c1-13-14-15-20-49(48(10)11)34(51)23-59-33-22-31-41(55)36-35(33)37-43(29(7)40(36)54)62-46(9,44(37)56)60-21-19-32(58-12)26(4)42(61-30(8)50)28(6)39(53)27(5)38(52)24(2)17-16-18-25(3)45(57)47-31/h16-19,21-22,24,26-28,32,38-39,42,52-55H,13-15,20,23H2,1-12H3,(H,47,57)/b17-16-,21-19-,25-18-. The van der Waals surface area contributed by atoms with Crippen LogP contribution in [0.3, 0.4) is 0 Å². The van der Waals surface area contributed by atoms with E-state index in [1.54, 1.807) is 59.0 Å². The molecular weight excluding hydrogens is 803 g/mol. The number of rotatable bonds is 10. The molecule has 16 heteroatoms. The first-order chi connectivity index (χ1) is 29.1. The minimum absolute atomic E-state index is 0.0613. The van der Waals surface area contributed by atoms with Crippen molar-refractivity contribution in [2.45, 2.75) is 112 Å². The average Bonchev–Trinajstić information content (AvgIpc) is 3.49. The first-order valence-corrected chi connectivity index (χ1v) is 21.1. The first kappa shape index (κ1) is 49.5. The van der Waals surface area contributed by atoms with Gasteiger partial charge in [-0.3, -0.25) is 24.2 Å². The quantitative estimate of drug-likeness (QED) is 0.0812. The number of nitrogens with zero attached hydrogens (tertiary/aromatic N) is 2. The molecule has 16 nitrogen and oxygen atoms in total. The van der Waals surface area contributed by atoms with E-state index in [1.807, 2.05) is 0 Å². The second-order valence-corrected chi connectivity index (χ2v) is 16.8. The number of aliphatic hydroxyl groups is 2. The van der Waals surface area contributed by atoms with Crippen molar-refractivity contribution in [3.05, 3.63) is 53.3 Å². The predicted octanol–water partition coefficient (Wildman–Crippen LogP) is 5.92. The van der Waals surface area contributed by atoms with Crippen LogP contribution in [0, 0.1) is 30.6 Å². The number of hydrogen-bond acceptors (Lipinski definition) is 14. The largest absolute Gasteiger partial charge is 0.507 e. The second-order valence-electron chi connectivity index (χ2n) is 16.8. The molecule has 5 bridgehead atoms. The van der Waals surface area contributed by atoms with Gasteiger partial charge in [0.25, 0.3) is 17.6 Å². The van der Waals surface area contributed by atoms with Gasteiger partial charge >= 0.3 is 11.8 Å². The van der Waals surface area contributed by atoms with Crippen LogP contribution in [0.15, 0.2) is 42.2 Å². The zero-order valence-electron chi connectivity index (χ0n) is 38.0. The van der Waals surface area contributed by atoms with Gasteiger partial charge in [-0.2, -0.15) is 0 Å². The van der Waals surface area contributed by atoms with Crippen molar-refractivity contribution in [3.8, 4) is 23.0 Å². The van der Waals surface area contributed by atoms with Crippen LogP contribution in [0.5, 0.6) is 23.0 Å². The van der Waals surface area contributed by atoms with E-state index in [1.165, 1.54) is 64.3 Å². The van der Waals surface area contributed by atoms with E-state index >= 15 is 0 Å². The average molecular weight is 868 g/mol. The molecule has 62 heavy (non-hydrogen) atoms. The lowest BCUT2D eigenvalue weighted by atomic mass is 9.78. The van der Waals surface area contributed by atoms with Crippen LogP contribution in [0.1, 0.15) is 90.6 Å². The van der Waals surface area contributed by atoms with Gasteiger partial charge in [-0.25, -0.2) is 5.01 Å². The maximum absolute atomic E-state index is 14.6. The molecule has 3 heterocycles. The van der Waals surface area contributed by atoms with Gasteiger partial charge in [-0.15, -0.1) is 0 Å². The molecule has 9 unspecified atom stereocenters. The molecule has 9 atom stereocenters. The number of amides is 2. The Morgan fingerprint density at radius 2 is 1.63 bits per heavy atom. The molecule has 0 fully saturated rings. The predicted molar refractivity (Wildman–Crippen MR) is 233 cm³/mol. The molecule has 5 N–H and O–H groups in total. The molecule has 0 aromatic heterocycles. The Morgan fingerprint density at radius 3 is 2.24 bits per heavy atom. The highest BCUT2D eigenvalue weighted by molar-refractivity contribution is 6.21. The number of anilines is 1. The van der Waals surface area contributed by atoms with Crippen molar-refractivity contribution in [1.29, 1.82) is 0 Å². The molecule has 3 aliphatic heterocycles. The van der Waals surface area contributed by atoms with Crippen molar-refractivity contribution in [3.63, 3.8) is 0 Å². The fraction of sp³-hybridized carbons (Fsp3) is 0.565. The first-order valence-electron chi connectivity index (χ1n) is 21.1. The summed E-state index contributed by atoms with van der Waals surface area (Å²) in [6.07, 6.45) is 6.19. The summed E-state index contributed by atoms with van der Waals surface area (Å²) >= 11 is 0. The van der Waals surface area contributed by atoms with E-state index in [-0.39, 0.29) is 44.7 Å². The smallest absolute Gasteiger partial charge is 0.312 e. The van der Waals surface area contributed by atoms with Gasteiger partial charge in [0.05, 0.1) is 41.2 Å². The Balaban J connectivity index is 1.93. The fourth-order valence-corrected chi connectivity index (χ4v) is 8.02. The summed E-state index contributed by atoms with van der Waals surface area (Å²) in [6, 6.07) is 1.27. The second kappa shape index (κ2) is 20.8. The van der Waals surface area contributed by atoms with E-state index in [2.05, 4.69) is 12.2 Å². The Kier molecular flexibility index (Phi) is 16.6. The number of hydrogen-bond donors (Lipinski definition) is 5. The maximum atomic E-state index is 14.6. The summed E-state index contributed by atoms with van der Waals surface area (Å²) in [4.78, 5) is 54.2. The van der Waals surface area contributed by atoms with Crippen molar-refractivity contribution >= 4 is 40.0 Å². The summed E-state index contributed by atoms with van der Waals surface area (Å²) in [5, 5.41) is 51.9. The van der Waals surface area contributed by atoms with Crippen LogP contribution in [-0.2, 0) is 28.6 Å². The van der Waals surface area contributed by atoms with Gasteiger partial charge in [-0.05, 0) is 26.3 Å². The minimum atomic E-state index is -2.04. The maximum Gasteiger partial charge on any atom is 0.312 e. The SMILES string of the molecule is CCCCCN(C(=O)COc1cc2c(O)c3c(O)c(C)c4c(c13)C(=O)C(C)(O/C=C\C(OC)C(C)C(OC(C)=O)C(C)C(O)C(C)C(O)C(C)/C=C\C=C(\C)C(=O)N2)O4)N(C)C. The van der Waals surface area contributed by atoms with Gasteiger partial charge in [-0.1, -0.05) is 65.7 Å². The number of hydrazine groups is 1. The molecule has 342 valence electrons. The molecule has 5 rings (SSSR count). The number of phenolic OH excluding ortho intramolecular Hbond substituents is 2. The number of aliphatic hydroxyl groups excluding tert-OH is 2. The van der Waals surface area contributed by atoms with E-state index in [0.717, 1.165) is 19.3 Å². The molecule has 3 aliphatic rings. The van der Waals surface area contributed by atoms with Crippen LogP contribution in [0.2, 0.25) is 0 Å². The Morgan fingerprint density at radius 1 is 0.952 bits per heavy atom. The van der Waals surface area contributed by atoms with Crippen LogP contribution in [-0.4, -0.2) is 119 Å². The number of unbranched alkanes of at least 4 members (excludes halogenated alkanes) is 2. The summed E-state index contributed by atoms with van der Waals surface area (Å²) in [5.74, 6) is -8.12. The Bertz CT molecular complexity index is 2080. The van der Waals surface area contributed by atoms with E-state index < -0.39 is 95.5 Å². The molecule has 0 saturated heterocycles. The fourth-order valence-electron chi connectivity index (χ4n) is 8.02. The van der Waals surface area contributed by atoms with Crippen molar-refractivity contribution in [1.82, 2.24) is 10.0 Å². The van der Waals surface area contributed by atoms with Crippen LogP contribution < -0.4 is 14.8 Å². The summed E-state index contributed by atoms with van der Waals surface area (Å²) in [6.45, 7) is 14.5. The third-order valence-electron chi connectivity index (χ3n) is 11.9. The lowest BCUT2D eigenvalue weighted by molar-refractivity contribution is -0.160. The van der Waals surface area contributed by atoms with E-state index in [0.29, 0.717) is 6.54 Å². The van der Waals surface area contributed by atoms with Crippen molar-refractivity contribution in [2.75, 3.05) is 39.7 Å². The molecule has 2 aromatic carbocycles. The van der Waals surface area contributed by atoms with Gasteiger partial charge in [0, 0.05) is 87.9 Å². The number of allylic oxidation sites excluding steroid dienone is 2. The molecular formula is C46H65N3O13. The molecule has 0 spiro atoms. The zero-order chi connectivity index (χ0) is 46.4. The van der Waals surface area contributed by atoms with Gasteiger partial charge in [0.15, 0.2) is 12.4 Å². The van der Waals surface area contributed by atoms with Crippen molar-refractivity contribution in [2.24, 2.45) is 23.7 Å². The number of carbonyl (C=O) groups excluding carboxylic acids is 4. The number of aromatic hydroxyl groups is 2. The van der Waals surface area contributed by atoms with E-state index in [9.17, 15) is 39.6 Å². The van der Waals surface area contributed by atoms with E-state index in [4.69, 9.17) is 23.7 Å². The normalized spacial score (nSPS) is 29.0. The van der Waals surface area contributed by atoms with Gasteiger partial charge < -0.3 is 49.4 Å². The summed E-state index contributed by atoms with van der Waals surface area (Å²) in [7, 11) is 4.90. The molecule has 0 radical (unpaired) electrons. The molecule has 2 aromatic rings. The number of phenols is 2. The Labute approximate surface area is 364 Å². The van der Waals surface area contributed by atoms with Crippen LogP contribution in [0.4, 0.5) is 5.69 Å². The third-order valence-corrected chi connectivity index (χ3v) is 11.9. The number of benzene rings is 2. The van der Waals surface area contributed by atoms with Crippen LogP contribution >= 0.6 is 0 Å². The number of nitrogens with one attached hydrogen (secondary N) is 1. The number of fused-ring (bicyclic) bond motifs is 14. The molecule has 0 aliphatic carbocycles. The van der Waals surface area contributed by atoms with Crippen molar-refractivity contribution < 1.29 is 63.3 Å². The number of methoxy groups -OCH3 is 1. The lowest BCUT2D eigenvalue weighted by Gasteiger charge is -2.38.